The maximum atomic E-state index is 10.8. The van der Waals surface area contributed by atoms with Gasteiger partial charge in [-0.05, 0) is 7.05 Å². The van der Waals surface area contributed by atoms with Crippen LogP contribution in [0.25, 0.3) is 0 Å². The standard InChI is InChI=1S/C7H17NO4S2/c1-8(4-6-13(2,9)10)5-7-14(3,11)12/h4-7H2,1-3H3. The van der Waals surface area contributed by atoms with Gasteiger partial charge in [0.25, 0.3) is 0 Å². The third-order valence-corrected chi connectivity index (χ3v) is 3.54. The molecule has 7 heteroatoms. The van der Waals surface area contributed by atoms with E-state index < -0.39 is 19.7 Å². The molecule has 0 aromatic carbocycles. The van der Waals surface area contributed by atoms with E-state index >= 15 is 0 Å². The van der Waals surface area contributed by atoms with Crippen LogP contribution in [0.1, 0.15) is 0 Å². The molecule has 0 fully saturated rings. The lowest BCUT2D eigenvalue weighted by Crippen LogP contribution is -2.29. The molecule has 86 valence electrons. The topological polar surface area (TPSA) is 71.5 Å². The summed E-state index contributed by atoms with van der Waals surface area (Å²) in [5.74, 6) is 0.126. The second-order valence-electron chi connectivity index (χ2n) is 3.56. The highest BCUT2D eigenvalue weighted by Crippen LogP contribution is 1.90. The SMILES string of the molecule is CN(CCS(C)(=O)=O)CCS(C)(=O)=O. The van der Waals surface area contributed by atoms with Crippen LogP contribution in [0.5, 0.6) is 0 Å². The summed E-state index contributed by atoms with van der Waals surface area (Å²) >= 11 is 0. The van der Waals surface area contributed by atoms with Crippen molar-refractivity contribution < 1.29 is 16.8 Å². The molecule has 0 N–H and O–H groups in total. The molecular weight excluding hydrogens is 226 g/mol. The Morgan fingerprint density at radius 2 is 1.14 bits per heavy atom. The van der Waals surface area contributed by atoms with Crippen molar-refractivity contribution in [3.05, 3.63) is 0 Å². The molecule has 0 amide bonds. The first-order valence-corrected chi connectivity index (χ1v) is 8.26. The summed E-state index contributed by atoms with van der Waals surface area (Å²) in [4.78, 5) is 1.70. The quantitative estimate of drug-likeness (QED) is 0.599. The van der Waals surface area contributed by atoms with Crippen molar-refractivity contribution in [1.82, 2.24) is 4.90 Å². The van der Waals surface area contributed by atoms with Gasteiger partial charge < -0.3 is 4.90 Å². The van der Waals surface area contributed by atoms with Crippen molar-refractivity contribution in [3.63, 3.8) is 0 Å². The van der Waals surface area contributed by atoms with Crippen molar-refractivity contribution in [1.29, 1.82) is 0 Å². The number of rotatable bonds is 6. The molecule has 0 radical (unpaired) electrons. The van der Waals surface area contributed by atoms with E-state index in [1.807, 2.05) is 0 Å². The molecule has 0 rings (SSSR count). The fourth-order valence-corrected chi connectivity index (χ4v) is 2.04. The zero-order valence-corrected chi connectivity index (χ0v) is 10.4. The molecule has 0 aliphatic carbocycles. The lowest BCUT2D eigenvalue weighted by atomic mass is 10.6. The molecule has 0 saturated carbocycles. The minimum atomic E-state index is -2.96. The van der Waals surface area contributed by atoms with Gasteiger partial charge in [0.1, 0.15) is 19.7 Å². The van der Waals surface area contributed by atoms with E-state index in [1.165, 1.54) is 0 Å². The largest absolute Gasteiger partial charge is 0.304 e. The zero-order chi connectivity index (χ0) is 11.4. The van der Waals surface area contributed by atoms with Crippen LogP contribution in [-0.4, -0.2) is 65.9 Å². The predicted octanol–water partition coefficient (Wildman–Crippen LogP) is -0.993. The number of hydrogen-bond acceptors (Lipinski definition) is 5. The summed E-state index contributed by atoms with van der Waals surface area (Å²) in [5, 5.41) is 0. The Kier molecular flexibility index (Phi) is 5.03. The first-order valence-electron chi connectivity index (χ1n) is 4.14. The van der Waals surface area contributed by atoms with Gasteiger partial charge in [-0.2, -0.15) is 0 Å². The van der Waals surface area contributed by atoms with Gasteiger partial charge in [-0.3, -0.25) is 0 Å². The summed E-state index contributed by atoms with van der Waals surface area (Å²) in [6.07, 6.45) is 2.33. The Morgan fingerprint density at radius 1 is 0.857 bits per heavy atom. The molecule has 0 spiro atoms. The van der Waals surface area contributed by atoms with E-state index in [1.54, 1.807) is 11.9 Å². The summed E-state index contributed by atoms with van der Waals surface area (Å²) < 4.78 is 43.2. The second-order valence-corrected chi connectivity index (χ2v) is 8.08. The van der Waals surface area contributed by atoms with Crippen molar-refractivity contribution in [3.8, 4) is 0 Å². The molecule has 14 heavy (non-hydrogen) atoms. The molecular formula is C7H17NO4S2. The van der Waals surface area contributed by atoms with E-state index in [-0.39, 0.29) is 11.5 Å². The summed E-state index contributed by atoms with van der Waals surface area (Å²) in [7, 11) is -4.22. The Morgan fingerprint density at radius 3 is 1.36 bits per heavy atom. The predicted molar refractivity (Wildman–Crippen MR) is 56.9 cm³/mol. The minimum absolute atomic E-state index is 0.0628. The van der Waals surface area contributed by atoms with Crippen LogP contribution in [0, 0.1) is 0 Å². The van der Waals surface area contributed by atoms with Crippen LogP contribution >= 0.6 is 0 Å². The Labute approximate surface area is 85.9 Å². The lowest BCUT2D eigenvalue weighted by molar-refractivity contribution is 0.374. The van der Waals surface area contributed by atoms with Crippen LogP contribution < -0.4 is 0 Å². The molecule has 0 heterocycles. The van der Waals surface area contributed by atoms with Gasteiger partial charge in [0.05, 0.1) is 11.5 Å². The monoisotopic (exact) mass is 243 g/mol. The smallest absolute Gasteiger partial charge is 0.148 e. The zero-order valence-electron chi connectivity index (χ0n) is 8.73. The van der Waals surface area contributed by atoms with Crippen molar-refractivity contribution in [2.24, 2.45) is 0 Å². The van der Waals surface area contributed by atoms with Gasteiger partial charge in [-0.25, -0.2) is 16.8 Å². The van der Waals surface area contributed by atoms with E-state index in [4.69, 9.17) is 0 Å². The van der Waals surface area contributed by atoms with Crippen LogP contribution in [0.4, 0.5) is 0 Å². The lowest BCUT2D eigenvalue weighted by Gasteiger charge is -2.14. The average Bonchev–Trinajstić information content (AvgIpc) is 1.94. The van der Waals surface area contributed by atoms with Crippen LogP contribution in [0.15, 0.2) is 0 Å². The van der Waals surface area contributed by atoms with Gasteiger partial charge in [0, 0.05) is 25.6 Å². The maximum absolute atomic E-state index is 10.8. The molecule has 5 nitrogen and oxygen atoms in total. The molecule has 0 aliphatic heterocycles. The Balaban J connectivity index is 3.84. The normalized spacial score (nSPS) is 13.4. The fourth-order valence-electron chi connectivity index (χ4n) is 0.755. The highest BCUT2D eigenvalue weighted by atomic mass is 32.2. The van der Waals surface area contributed by atoms with Crippen molar-refractivity contribution >= 4 is 19.7 Å². The van der Waals surface area contributed by atoms with Crippen LogP contribution in [0.3, 0.4) is 0 Å². The number of nitrogens with zero attached hydrogens (tertiary/aromatic N) is 1. The number of sulfone groups is 2. The molecule has 0 bridgehead atoms. The third-order valence-electron chi connectivity index (χ3n) is 1.69. The Hall–Kier alpha value is -0.140. The third kappa shape index (κ3) is 9.94. The minimum Gasteiger partial charge on any atom is -0.304 e. The van der Waals surface area contributed by atoms with Gasteiger partial charge >= 0.3 is 0 Å². The molecule has 0 saturated heterocycles. The molecule has 0 unspecified atom stereocenters. The first-order chi connectivity index (χ1) is 6.10. The van der Waals surface area contributed by atoms with Crippen molar-refractivity contribution in [2.45, 2.75) is 0 Å². The van der Waals surface area contributed by atoms with Gasteiger partial charge in [-0.15, -0.1) is 0 Å². The summed E-state index contributed by atoms with van der Waals surface area (Å²) in [6.45, 7) is 0.739. The fraction of sp³-hybridized carbons (Fsp3) is 1.00. The van der Waals surface area contributed by atoms with Crippen LogP contribution in [-0.2, 0) is 19.7 Å². The maximum Gasteiger partial charge on any atom is 0.148 e. The molecule has 0 aromatic heterocycles. The number of hydrogen-bond donors (Lipinski definition) is 0. The van der Waals surface area contributed by atoms with Gasteiger partial charge in [0.2, 0.25) is 0 Å². The summed E-state index contributed by atoms with van der Waals surface area (Å²) in [5.41, 5.74) is 0. The molecule has 0 atom stereocenters. The van der Waals surface area contributed by atoms with E-state index in [0.717, 1.165) is 12.5 Å². The van der Waals surface area contributed by atoms with E-state index in [2.05, 4.69) is 0 Å². The van der Waals surface area contributed by atoms with Gasteiger partial charge in [-0.1, -0.05) is 0 Å². The van der Waals surface area contributed by atoms with Gasteiger partial charge in [0.15, 0.2) is 0 Å². The van der Waals surface area contributed by atoms with Crippen molar-refractivity contribution in [2.75, 3.05) is 44.2 Å². The van der Waals surface area contributed by atoms with E-state index in [0.29, 0.717) is 13.1 Å². The molecule has 0 aromatic rings. The Bertz CT molecular complexity index is 321. The summed E-state index contributed by atoms with van der Waals surface area (Å²) in [6, 6.07) is 0. The van der Waals surface area contributed by atoms with Crippen LogP contribution in [0.2, 0.25) is 0 Å². The first kappa shape index (κ1) is 13.9. The molecule has 0 aliphatic rings. The second kappa shape index (κ2) is 5.09. The highest BCUT2D eigenvalue weighted by Gasteiger charge is 2.08. The van der Waals surface area contributed by atoms with E-state index in [9.17, 15) is 16.8 Å². The highest BCUT2D eigenvalue weighted by molar-refractivity contribution is 7.90. The average molecular weight is 243 g/mol.